The Balaban J connectivity index is 0.000000209. The Kier molecular flexibility index (Phi) is 18.6. The molecule has 4 heterocycles. The van der Waals surface area contributed by atoms with Crippen molar-refractivity contribution in [3.05, 3.63) is 130 Å². The summed E-state index contributed by atoms with van der Waals surface area (Å²) < 4.78 is 31.3. The molecule has 20 nitrogen and oxygen atoms in total. The van der Waals surface area contributed by atoms with Gasteiger partial charge in [-0.3, -0.25) is 20.2 Å². The van der Waals surface area contributed by atoms with Crippen molar-refractivity contribution in [3.63, 3.8) is 0 Å². The van der Waals surface area contributed by atoms with E-state index in [1.807, 2.05) is 67.6 Å². The van der Waals surface area contributed by atoms with Gasteiger partial charge < -0.3 is 33.5 Å². The number of methoxy groups -OCH3 is 2. The Labute approximate surface area is 411 Å². The van der Waals surface area contributed by atoms with Gasteiger partial charge in [0, 0.05) is 21.4 Å². The van der Waals surface area contributed by atoms with Crippen molar-refractivity contribution in [2.45, 2.75) is 58.0 Å². The maximum Gasteiger partial charge on any atom is 1.00 e. The fraction of sp³-hybridized carbons (Fsp3) is 0.302. The molecular formula is C43H43Cl2N10NaO10. The summed E-state index contributed by atoms with van der Waals surface area (Å²) in [6, 6.07) is 28.5. The number of aromatic nitrogens is 8. The molecule has 0 bridgehead atoms. The number of rotatable bonds is 13. The minimum absolute atomic E-state index is 0. The smallest absolute Gasteiger partial charge is 0.497 e. The summed E-state index contributed by atoms with van der Waals surface area (Å²) in [6.07, 6.45) is -1.01. The van der Waals surface area contributed by atoms with Crippen molar-refractivity contribution < 1.29 is 77.2 Å². The van der Waals surface area contributed by atoms with Crippen LogP contribution in [-0.2, 0) is 25.5 Å². The summed E-state index contributed by atoms with van der Waals surface area (Å²) in [5.41, 5.74) is 3.16. The number of tetrazole rings is 2. The Morgan fingerprint density at radius 2 is 1.17 bits per heavy atom. The monoisotopic (exact) mass is 952 g/mol. The van der Waals surface area contributed by atoms with E-state index in [1.54, 1.807) is 74.3 Å². The number of cyclic esters (lactones) is 2. The largest absolute Gasteiger partial charge is 1.00 e. The number of esters is 2. The number of anilines is 2. The van der Waals surface area contributed by atoms with E-state index in [0.717, 1.165) is 29.0 Å². The molecule has 0 radical (unpaired) electrons. The molecule has 6 aromatic rings. The molecule has 0 aliphatic carbocycles. The zero-order chi connectivity index (χ0) is 46.5. The zero-order valence-corrected chi connectivity index (χ0v) is 40.2. The first-order valence-corrected chi connectivity index (χ1v) is 20.8. The van der Waals surface area contributed by atoms with Crippen molar-refractivity contribution in [1.29, 1.82) is 0 Å². The van der Waals surface area contributed by atoms with Crippen LogP contribution >= 0.6 is 23.2 Å². The first-order chi connectivity index (χ1) is 31.5. The molecule has 2 saturated heterocycles. The predicted molar refractivity (Wildman–Crippen MR) is 233 cm³/mol. The molecule has 2 aliphatic heterocycles. The van der Waals surface area contributed by atoms with Crippen LogP contribution in [0.3, 0.4) is 0 Å². The molecule has 2 amide bonds. The van der Waals surface area contributed by atoms with Crippen molar-refractivity contribution in [1.82, 2.24) is 40.8 Å². The summed E-state index contributed by atoms with van der Waals surface area (Å²) in [4.78, 5) is 52.3. The second-order valence-corrected chi connectivity index (χ2v) is 14.6. The summed E-state index contributed by atoms with van der Waals surface area (Å²) in [5.74, 6) is -0.125. The van der Waals surface area contributed by atoms with E-state index in [4.69, 9.17) is 46.9 Å². The molecular weight excluding hydrogens is 910 g/mol. The standard InChI is InChI=1S/C21H20ClN5O5.C18H18ClNO3.C4H6N4O2.Na/c1-3-31-20(28)19-23-25-26(24-19)12-17-18(13-5-4-6-16(11-13)30-2)27(21(29)32-17)15-9-7-14(22)8-10-15;1-3-16-17(12-5-4-6-15(11-12)22-2)20(18(21)23-16)14-9-7-13(19)8-10-14;1-2-10-4(9)3-5-7-8-6-3;/h4-11,17-18H,3,12H2,1-2H3;4-11,16-17H,3H2,1-2H3;2H2,1H3,(H,5,6,7,8,9);/q;;;+1/p-1/t17-,18-;16-,17-;;/m00../s1. The molecule has 23 heteroatoms. The molecule has 2 aliphatic rings. The molecule has 2 aromatic heterocycles. The van der Waals surface area contributed by atoms with E-state index in [9.17, 15) is 19.2 Å². The van der Waals surface area contributed by atoms with Gasteiger partial charge in [-0.2, -0.15) is 4.80 Å². The predicted octanol–water partition coefficient (Wildman–Crippen LogP) is 4.11. The maximum absolute atomic E-state index is 12.9. The average Bonchev–Trinajstić information content (AvgIpc) is 4.15. The van der Waals surface area contributed by atoms with Gasteiger partial charge in [0.05, 0.1) is 27.4 Å². The summed E-state index contributed by atoms with van der Waals surface area (Å²) in [5, 5.41) is 25.7. The van der Waals surface area contributed by atoms with Gasteiger partial charge in [0.25, 0.3) is 5.82 Å². The quantitative estimate of drug-likeness (QED) is 0.0902. The first-order valence-electron chi connectivity index (χ1n) is 20.1. The summed E-state index contributed by atoms with van der Waals surface area (Å²) in [6.45, 7) is 5.96. The second kappa shape index (κ2) is 24.3. The number of hydrogen-bond acceptors (Lipinski definition) is 16. The number of amides is 2. The SMILES string of the molecule is CCOC(=O)c1nn[n-]n1.CCOC(=O)c1nnn(C[C@@H]2OC(=O)N(c3ccc(Cl)cc3)[C@H]2c2cccc(OC)c2)n1.CC[C@@H]1OC(=O)N(c2ccc(Cl)cc2)[C@H]1c1cccc(OC)c1.[Na+]. The van der Waals surface area contributed by atoms with E-state index in [-0.39, 0.29) is 72.6 Å². The number of hydrogen-bond donors (Lipinski definition) is 0. The molecule has 0 saturated carbocycles. The number of benzene rings is 4. The molecule has 0 unspecified atom stereocenters. The van der Waals surface area contributed by atoms with Crippen LogP contribution in [0.4, 0.5) is 21.0 Å². The minimum Gasteiger partial charge on any atom is -0.497 e. The third-order valence-electron chi connectivity index (χ3n) is 9.67. The molecule has 340 valence electrons. The second-order valence-electron chi connectivity index (χ2n) is 13.7. The van der Waals surface area contributed by atoms with Crippen molar-refractivity contribution >= 4 is 58.7 Å². The first kappa shape index (κ1) is 50.7. The molecule has 0 N–H and O–H groups in total. The van der Waals surface area contributed by atoms with Crippen LogP contribution in [0.2, 0.25) is 10.0 Å². The average molecular weight is 954 g/mol. The number of ether oxygens (including phenoxy) is 6. The number of carbonyl (C=O) groups excluding carboxylic acids is 4. The van der Waals surface area contributed by atoms with Gasteiger partial charge in [-0.15, -0.1) is 10.2 Å². The Bertz CT molecular complexity index is 2540. The Morgan fingerprint density at radius 1 is 0.682 bits per heavy atom. The third-order valence-corrected chi connectivity index (χ3v) is 10.2. The third kappa shape index (κ3) is 12.5. The van der Waals surface area contributed by atoms with Gasteiger partial charge in [-0.1, -0.05) is 54.4 Å². The molecule has 8 rings (SSSR count). The van der Waals surface area contributed by atoms with Crippen LogP contribution in [0.15, 0.2) is 97.1 Å². The fourth-order valence-electron chi connectivity index (χ4n) is 6.80. The van der Waals surface area contributed by atoms with Gasteiger partial charge in [0.15, 0.2) is 5.82 Å². The Hall–Kier alpha value is -6.32. The fourth-order valence-corrected chi connectivity index (χ4v) is 7.05. The summed E-state index contributed by atoms with van der Waals surface area (Å²) >= 11 is 12.0. The molecule has 2 fully saturated rings. The zero-order valence-electron chi connectivity index (χ0n) is 36.7. The van der Waals surface area contributed by atoms with Crippen LogP contribution < -0.4 is 54.0 Å². The van der Waals surface area contributed by atoms with Crippen molar-refractivity contribution in [2.24, 2.45) is 0 Å². The van der Waals surface area contributed by atoms with E-state index in [0.29, 0.717) is 28.1 Å². The van der Waals surface area contributed by atoms with Crippen molar-refractivity contribution in [2.75, 3.05) is 37.2 Å². The van der Waals surface area contributed by atoms with Gasteiger partial charge in [-0.25, -0.2) is 24.3 Å². The normalized spacial score (nSPS) is 17.2. The Morgan fingerprint density at radius 3 is 1.62 bits per heavy atom. The number of halogens is 2. The van der Waals surface area contributed by atoms with Crippen molar-refractivity contribution in [3.8, 4) is 11.5 Å². The van der Waals surface area contributed by atoms with Gasteiger partial charge in [0.2, 0.25) is 0 Å². The van der Waals surface area contributed by atoms with Crippen LogP contribution in [0.25, 0.3) is 0 Å². The van der Waals surface area contributed by atoms with E-state index in [1.165, 1.54) is 4.80 Å². The minimum atomic E-state index is -0.672. The number of nitrogens with zero attached hydrogens (tertiary/aromatic N) is 10. The van der Waals surface area contributed by atoms with Crippen LogP contribution in [0.5, 0.6) is 11.5 Å². The topological polar surface area (TPSA) is 227 Å². The van der Waals surface area contributed by atoms with E-state index in [2.05, 4.69) is 40.8 Å². The molecule has 4 aromatic carbocycles. The maximum atomic E-state index is 12.9. The van der Waals surface area contributed by atoms with Gasteiger partial charge >= 0.3 is 53.7 Å². The van der Waals surface area contributed by atoms with Crippen LogP contribution in [-0.4, -0.2) is 99.4 Å². The van der Waals surface area contributed by atoms with E-state index < -0.39 is 30.2 Å². The van der Waals surface area contributed by atoms with E-state index >= 15 is 0 Å². The molecule has 0 spiro atoms. The van der Waals surface area contributed by atoms with Crippen LogP contribution in [0, 0.1) is 0 Å². The molecule has 4 atom stereocenters. The van der Waals surface area contributed by atoms with Gasteiger partial charge in [0.1, 0.15) is 42.3 Å². The van der Waals surface area contributed by atoms with Gasteiger partial charge in [-0.05, 0) is 109 Å². The van der Waals surface area contributed by atoms with Crippen LogP contribution in [0.1, 0.15) is 71.6 Å². The summed E-state index contributed by atoms with van der Waals surface area (Å²) in [7, 11) is 3.20. The molecule has 66 heavy (non-hydrogen) atoms. The number of carbonyl (C=O) groups is 4.